The summed E-state index contributed by atoms with van der Waals surface area (Å²) >= 11 is 0. The van der Waals surface area contributed by atoms with Gasteiger partial charge in [0.15, 0.2) is 0 Å². The molecule has 2 rings (SSSR count). The third-order valence-electron chi connectivity index (χ3n) is 3.37. The maximum atomic E-state index is 11.3. The van der Waals surface area contributed by atoms with Gasteiger partial charge in [0.1, 0.15) is 0 Å². The van der Waals surface area contributed by atoms with Crippen molar-refractivity contribution >= 4 is 18.1 Å². The molecule has 0 fully saturated rings. The zero-order chi connectivity index (χ0) is 17.0. The number of carbonyl (C=O) groups is 1. The Labute approximate surface area is 143 Å². The van der Waals surface area contributed by atoms with Crippen molar-refractivity contribution in [3.63, 3.8) is 0 Å². The number of amides is 1. The van der Waals surface area contributed by atoms with Gasteiger partial charge in [-0.1, -0.05) is 67.2 Å². The Morgan fingerprint density at radius 1 is 0.917 bits per heavy atom. The van der Waals surface area contributed by atoms with Crippen LogP contribution in [0.4, 0.5) is 0 Å². The fraction of sp³-hybridized carbons (Fsp3) is 0.0952. The Hall–Kier alpha value is -3.07. The number of nitrogens with zero attached hydrogens (tertiary/aromatic N) is 1. The second kappa shape index (κ2) is 9.85. The average Bonchev–Trinajstić information content (AvgIpc) is 2.65. The van der Waals surface area contributed by atoms with Crippen LogP contribution in [0.15, 0.2) is 85.7 Å². The highest BCUT2D eigenvalue weighted by atomic mass is 16.1. The molecule has 2 aromatic rings. The van der Waals surface area contributed by atoms with Crippen molar-refractivity contribution in [2.45, 2.75) is 0 Å². The molecular formula is C21H22N2O. The van der Waals surface area contributed by atoms with Crippen LogP contribution in [0.2, 0.25) is 0 Å². The van der Waals surface area contributed by atoms with E-state index in [1.807, 2.05) is 65.9 Å². The summed E-state index contributed by atoms with van der Waals surface area (Å²) in [5.74, 6) is -0.158. The molecule has 0 saturated heterocycles. The predicted molar refractivity (Wildman–Crippen MR) is 101 cm³/mol. The molecular weight excluding hydrogens is 296 g/mol. The van der Waals surface area contributed by atoms with Crippen molar-refractivity contribution in [3.05, 3.63) is 96.8 Å². The molecule has 0 saturated carbocycles. The number of hydrogen-bond acceptors (Lipinski definition) is 2. The van der Waals surface area contributed by atoms with Crippen molar-refractivity contribution < 1.29 is 4.79 Å². The van der Waals surface area contributed by atoms with Crippen molar-refractivity contribution in [2.75, 3.05) is 13.1 Å². The molecule has 1 amide bonds. The normalized spacial score (nSPS) is 10.8. The molecule has 0 aliphatic rings. The van der Waals surface area contributed by atoms with Crippen molar-refractivity contribution in [2.24, 2.45) is 0 Å². The summed E-state index contributed by atoms with van der Waals surface area (Å²) in [5, 5.41) is 2.79. The second-order valence-corrected chi connectivity index (χ2v) is 5.19. The first-order valence-corrected chi connectivity index (χ1v) is 7.90. The van der Waals surface area contributed by atoms with Gasteiger partial charge in [0, 0.05) is 25.5 Å². The molecule has 1 N–H and O–H groups in total. The van der Waals surface area contributed by atoms with Gasteiger partial charge in [-0.2, -0.15) is 0 Å². The summed E-state index contributed by atoms with van der Waals surface area (Å²) in [4.78, 5) is 13.3. The minimum atomic E-state index is -0.158. The molecule has 24 heavy (non-hydrogen) atoms. The van der Waals surface area contributed by atoms with Crippen LogP contribution in [0.25, 0.3) is 12.2 Å². The molecule has 0 radical (unpaired) electrons. The minimum Gasteiger partial charge on any atom is -0.352 e. The van der Waals surface area contributed by atoms with Crippen molar-refractivity contribution in [1.29, 1.82) is 0 Å². The maximum Gasteiger partial charge on any atom is 0.243 e. The Kier molecular flexibility index (Phi) is 7.09. The average molecular weight is 318 g/mol. The van der Waals surface area contributed by atoms with Gasteiger partial charge >= 0.3 is 0 Å². The van der Waals surface area contributed by atoms with Crippen LogP contribution in [0.3, 0.4) is 0 Å². The topological polar surface area (TPSA) is 32.3 Å². The summed E-state index contributed by atoms with van der Waals surface area (Å²) in [6.07, 6.45) is 9.39. The molecule has 3 nitrogen and oxygen atoms in total. The highest BCUT2D eigenvalue weighted by Crippen LogP contribution is 2.06. The fourth-order valence-electron chi connectivity index (χ4n) is 2.07. The quantitative estimate of drug-likeness (QED) is 0.748. The first kappa shape index (κ1) is 17.3. The van der Waals surface area contributed by atoms with Gasteiger partial charge in [-0.25, -0.2) is 0 Å². The van der Waals surface area contributed by atoms with Gasteiger partial charge in [-0.05, 0) is 29.4 Å². The third-order valence-corrected chi connectivity index (χ3v) is 3.37. The van der Waals surface area contributed by atoms with Crippen LogP contribution in [0, 0.1) is 0 Å². The number of carbonyl (C=O) groups excluding carboxylic acids is 1. The molecule has 0 aliphatic carbocycles. The third kappa shape index (κ3) is 6.36. The molecule has 122 valence electrons. The first-order valence-electron chi connectivity index (χ1n) is 7.90. The number of hydrogen-bond donors (Lipinski definition) is 1. The summed E-state index contributed by atoms with van der Waals surface area (Å²) in [5.41, 5.74) is 2.26. The van der Waals surface area contributed by atoms with Gasteiger partial charge in [-0.15, -0.1) is 0 Å². The lowest BCUT2D eigenvalue weighted by atomic mass is 10.2. The SMILES string of the molecule is C=CC(=O)NCCN(C=Cc1ccccc1)C=Cc1ccccc1. The summed E-state index contributed by atoms with van der Waals surface area (Å²) in [6.45, 7) is 4.67. The lowest BCUT2D eigenvalue weighted by Gasteiger charge is -2.16. The van der Waals surface area contributed by atoms with E-state index in [1.165, 1.54) is 6.08 Å². The van der Waals surface area contributed by atoms with E-state index < -0.39 is 0 Å². The highest BCUT2D eigenvalue weighted by Gasteiger charge is 1.97. The molecule has 0 spiro atoms. The molecule has 0 aliphatic heterocycles. The monoisotopic (exact) mass is 318 g/mol. The van der Waals surface area contributed by atoms with E-state index in [0.29, 0.717) is 13.1 Å². The van der Waals surface area contributed by atoms with Crippen LogP contribution in [-0.2, 0) is 4.79 Å². The molecule has 0 aromatic heterocycles. The summed E-state index contributed by atoms with van der Waals surface area (Å²) in [6, 6.07) is 20.2. The van der Waals surface area contributed by atoms with E-state index in [2.05, 4.69) is 36.2 Å². The molecule has 3 heteroatoms. The van der Waals surface area contributed by atoms with Gasteiger partial charge < -0.3 is 10.2 Å². The van der Waals surface area contributed by atoms with E-state index in [9.17, 15) is 4.79 Å². The Morgan fingerprint density at radius 3 is 1.88 bits per heavy atom. The van der Waals surface area contributed by atoms with Crippen LogP contribution in [0.5, 0.6) is 0 Å². The smallest absolute Gasteiger partial charge is 0.243 e. The fourth-order valence-corrected chi connectivity index (χ4v) is 2.07. The summed E-state index contributed by atoms with van der Waals surface area (Å²) < 4.78 is 0. The summed E-state index contributed by atoms with van der Waals surface area (Å²) in [7, 11) is 0. The van der Waals surface area contributed by atoms with Gasteiger partial charge in [0.2, 0.25) is 5.91 Å². The zero-order valence-corrected chi connectivity index (χ0v) is 13.6. The Morgan fingerprint density at radius 2 is 1.42 bits per heavy atom. The van der Waals surface area contributed by atoms with Gasteiger partial charge in [0.25, 0.3) is 0 Å². The van der Waals surface area contributed by atoms with E-state index in [4.69, 9.17) is 0 Å². The van der Waals surface area contributed by atoms with Crippen LogP contribution >= 0.6 is 0 Å². The number of rotatable bonds is 8. The van der Waals surface area contributed by atoms with Crippen LogP contribution in [0.1, 0.15) is 11.1 Å². The minimum absolute atomic E-state index is 0.158. The molecule has 0 bridgehead atoms. The molecule has 2 aromatic carbocycles. The van der Waals surface area contributed by atoms with Crippen LogP contribution in [-0.4, -0.2) is 23.9 Å². The lowest BCUT2D eigenvalue weighted by molar-refractivity contribution is -0.116. The maximum absolute atomic E-state index is 11.3. The van der Waals surface area contributed by atoms with E-state index in [-0.39, 0.29) is 5.91 Å². The van der Waals surface area contributed by atoms with E-state index >= 15 is 0 Å². The lowest BCUT2D eigenvalue weighted by Crippen LogP contribution is -2.29. The largest absolute Gasteiger partial charge is 0.352 e. The second-order valence-electron chi connectivity index (χ2n) is 5.19. The van der Waals surface area contributed by atoms with Crippen LogP contribution < -0.4 is 5.32 Å². The molecule has 0 unspecified atom stereocenters. The van der Waals surface area contributed by atoms with E-state index in [1.54, 1.807) is 0 Å². The van der Waals surface area contributed by atoms with Gasteiger partial charge in [-0.3, -0.25) is 4.79 Å². The first-order chi connectivity index (χ1) is 11.8. The van der Waals surface area contributed by atoms with Crippen molar-refractivity contribution in [3.8, 4) is 0 Å². The molecule has 0 atom stereocenters. The molecule has 0 heterocycles. The number of benzene rings is 2. The van der Waals surface area contributed by atoms with Crippen molar-refractivity contribution in [1.82, 2.24) is 10.2 Å². The zero-order valence-electron chi connectivity index (χ0n) is 13.6. The highest BCUT2D eigenvalue weighted by molar-refractivity contribution is 5.86. The standard InChI is InChI=1S/C21H22N2O/c1-2-21(24)22-15-18-23(16-13-19-9-5-3-6-10-19)17-14-20-11-7-4-8-12-20/h2-14,16-17H,1,15,18H2,(H,22,24). The van der Waals surface area contributed by atoms with Gasteiger partial charge in [0.05, 0.1) is 0 Å². The predicted octanol–water partition coefficient (Wildman–Crippen LogP) is 3.93. The Balaban J connectivity index is 2.02. The number of nitrogens with one attached hydrogen (secondary N) is 1. The van der Waals surface area contributed by atoms with E-state index in [0.717, 1.165) is 11.1 Å². The Bertz CT molecular complexity index is 641.